The highest BCUT2D eigenvalue weighted by molar-refractivity contribution is 5.83. The van der Waals surface area contributed by atoms with E-state index in [1.165, 1.54) is 38.5 Å². The van der Waals surface area contributed by atoms with Crippen LogP contribution in [0.25, 0.3) is 0 Å². The summed E-state index contributed by atoms with van der Waals surface area (Å²) in [4.78, 5) is 26.0. The van der Waals surface area contributed by atoms with Crippen molar-refractivity contribution in [3.05, 3.63) is 0 Å². The molecule has 0 spiro atoms. The number of hydrogen-bond acceptors (Lipinski definition) is 2. The summed E-state index contributed by atoms with van der Waals surface area (Å²) in [5.74, 6) is 5.70. The molecule has 0 heterocycles. The van der Waals surface area contributed by atoms with E-state index in [1.807, 2.05) is 0 Å². The molecule has 0 aromatic carbocycles. The lowest BCUT2D eigenvalue weighted by molar-refractivity contribution is -0.146. The first kappa shape index (κ1) is 20.5. The Morgan fingerprint density at radius 3 is 1.10 bits per heavy atom. The molecule has 8 aliphatic rings. The fraction of sp³-hybridized carbons (Fsp3) is 0.926. The van der Waals surface area contributed by atoms with Crippen LogP contribution in [0.5, 0.6) is 0 Å². The van der Waals surface area contributed by atoms with Gasteiger partial charge in [-0.2, -0.15) is 0 Å². The van der Waals surface area contributed by atoms with E-state index in [2.05, 4.69) is 10.6 Å². The SMILES string of the molecule is O=C(NCCCCCNC(=O)C12CC3CC(CC(C3)C1)C2)C12CC3CC(CC(C3)C1)C2. The van der Waals surface area contributed by atoms with Crippen molar-refractivity contribution >= 4 is 11.8 Å². The fourth-order valence-corrected chi connectivity index (χ4v) is 9.98. The fourth-order valence-electron chi connectivity index (χ4n) is 9.98. The van der Waals surface area contributed by atoms with E-state index in [4.69, 9.17) is 0 Å². The summed E-state index contributed by atoms with van der Waals surface area (Å²) >= 11 is 0. The molecule has 8 rings (SSSR count). The average Bonchev–Trinajstić information content (AvgIpc) is 2.70. The Labute approximate surface area is 188 Å². The molecule has 0 unspecified atom stereocenters. The van der Waals surface area contributed by atoms with Crippen LogP contribution >= 0.6 is 0 Å². The first-order valence-corrected chi connectivity index (χ1v) is 13.6. The van der Waals surface area contributed by atoms with Crippen LogP contribution in [0.1, 0.15) is 96.3 Å². The number of rotatable bonds is 8. The topological polar surface area (TPSA) is 58.2 Å². The second kappa shape index (κ2) is 7.76. The monoisotopic (exact) mass is 426 g/mol. The Morgan fingerprint density at radius 2 is 0.806 bits per heavy atom. The van der Waals surface area contributed by atoms with Crippen LogP contribution in [0.2, 0.25) is 0 Å². The van der Waals surface area contributed by atoms with Gasteiger partial charge in [-0.25, -0.2) is 0 Å². The second-order valence-electron chi connectivity index (χ2n) is 13.0. The predicted molar refractivity (Wildman–Crippen MR) is 121 cm³/mol. The summed E-state index contributed by atoms with van der Waals surface area (Å²) in [5, 5.41) is 6.60. The van der Waals surface area contributed by atoms with E-state index in [0.29, 0.717) is 11.8 Å². The van der Waals surface area contributed by atoms with Gasteiger partial charge in [0.05, 0.1) is 0 Å². The number of carbonyl (C=O) groups excluding carboxylic acids is 2. The van der Waals surface area contributed by atoms with Crippen LogP contribution in [-0.2, 0) is 9.59 Å². The lowest BCUT2D eigenvalue weighted by Gasteiger charge is -2.55. The maximum Gasteiger partial charge on any atom is 0.226 e. The Hall–Kier alpha value is -1.06. The quantitative estimate of drug-likeness (QED) is 0.547. The van der Waals surface area contributed by atoms with Crippen LogP contribution in [0, 0.1) is 46.3 Å². The first-order valence-electron chi connectivity index (χ1n) is 13.6. The summed E-state index contributed by atoms with van der Waals surface area (Å²) in [6.07, 6.45) is 18.4. The van der Waals surface area contributed by atoms with Gasteiger partial charge in [0.15, 0.2) is 0 Å². The van der Waals surface area contributed by atoms with Crippen molar-refractivity contribution in [1.82, 2.24) is 10.6 Å². The molecule has 4 heteroatoms. The zero-order chi connectivity index (χ0) is 21.1. The van der Waals surface area contributed by atoms with Crippen LogP contribution in [0.15, 0.2) is 0 Å². The third-order valence-electron chi connectivity index (χ3n) is 10.5. The van der Waals surface area contributed by atoms with Gasteiger partial charge in [-0.3, -0.25) is 9.59 Å². The summed E-state index contributed by atoms with van der Waals surface area (Å²) in [6.45, 7) is 1.62. The Morgan fingerprint density at radius 1 is 0.516 bits per heavy atom. The highest BCUT2D eigenvalue weighted by Crippen LogP contribution is 2.61. The predicted octanol–water partition coefficient (Wildman–Crippen LogP) is 4.82. The van der Waals surface area contributed by atoms with Gasteiger partial charge in [0.25, 0.3) is 0 Å². The molecule has 8 bridgehead atoms. The minimum absolute atomic E-state index is 0.0133. The molecular formula is C27H42N2O2. The van der Waals surface area contributed by atoms with Gasteiger partial charge in [0, 0.05) is 23.9 Å². The zero-order valence-electron chi connectivity index (χ0n) is 19.3. The molecule has 0 aromatic heterocycles. The minimum atomic E-state index is -0.0133. The number of hydrogen-bond donors (Lipinski definition) is 2. The summed E-state index contributed by atoms with van der Waals surface area (Å²) in [6, 6.07) is 0. The maximum absolute atomic E-state index is 13.0. The van der Waals surface area contributed by atoms with Gasteiger partial charge in [0.1, 0.15) is 0 Å². The van der Waals surface area contributed by atoms with Crippen LogP contribution in [0.4, 0.5) is 0 Å². The van der Waals surface area contributed by atoms with Gasteiger partial charge in [0.2, 0.25) is 11.8 Å². The summed E-state index contributed by atoms with van der Waals surface area (Å²) in [7, 11) is 0. The lowest BCUT2D eigenvalue weighted by Crippen LogP contribution is -2.53. The molecule has 2 amide bonds. The molecule has 0 saturated heterocycles. The van der Waals surface area contributed by atoms with Gasteiger partial charge in [-0.1, -0.05) is 0 Å². The van der Waals surface area contributed by atoms with Crippen molar-refractivity contribution < 1.29 is 9.59 Å². The number of carbonyl (C=O) groups is 2. The van der Waals surface area contributed by atoms with Crippen molar-refractivity contribution in [3.63, 3.8) is 0 Å². The molecule has 0 radical (unpaired) electrons. The van der Waals surface area contributed by atoms with Gasteiger partial charge >= 0.3 is 0 Å². The van der Waals surface area contributed by atoms with Crippen LogP contribution in [-0.4, -0.2) is 24.9 Å². The van der Waals surface area contributed by atoms with Crippen LogP contribution < -0.4 is 10.6 Å². The largest absolute Gasteiger partial charge is 0.356 e. The number of unbranched alkanes of at least 4 members (excludes halogenated alkanes) is 2. The molecule has 172 valence electrons. The summed E-state index contributed by atoms with van der Waals surface area (Å²) < 4.78 is 0. The molecule has 0 atom stereocenters. The summed E-state index contributed by atoms with van der Waals surface area (Å²) in [5.41, 5.74) is -0.0266. The van der Waals surface area contributed by atoms with E-state index in [-0.39, 0.29) is 10.8 Å². The van der Waals surface area contributed by atoms with E-state index in [0.717, 1.165) is 106 Å². The lowest BCUT2D eigenvalue weighted by atomic mass is 9.49. The van der Waals surface area contributed by atoms with Gasteiger partial charge in [-0.15, -0.1) is 0 Å². The van der Waals surface area contributed by atoms with Gasteiger partial charge in [-0.05, 0) is 132 Å². The van der Waals surface area contributed by atoms with Crippen molar-refractivity contribution in [1.29, 1.82) is 0 Å². The molecule has 4 nitrogen and oxygen atoms in total. The minimum Gasteiger partial charge on any atom is -0.356 e. The Balaban J connectivity index is 0.892. The van der Waals surface area contributed by atoms with Gasteiger partial charge < -0.3 is 10.6 Å². The van der Waals surface area contributed by atoms with Crippen molar-refractivity contribution in [3.8, 4) is 0 Å². The third-order valence-corrected chi connectivity index (χ3v) is 10.5. The average molecular weight is 427 g/mol. The molecule has 8 fully saturated rings. The number of nitrogens with one attached hydrogen (secondary N) is 2. The zero-order valence-corrected chi connectivity index (χ0v) is 19.3. The third kappa shape index (κ3) is 3.74. The molecule has 8 saturated carbocycles. The maximum atomic E-state index is 13.0. The van der Waals surface area contributed by atoms with E-state index >= 15 is 0 Å². The van der Waals surface area contributed by atoms with E-state index in [1.54, 1.807) is 0 Å². The molecule has 0 aromatic rings. The van der Waals surface area contributed by atoms with Crippen molar-refractivity contribution in [2.24, 2.45) is 46.3 Å². The second-order valence-corrected chi connectivity index (χ2v) is 13.0. The van der Waals surface area contributed by atoms with E-state index in [9.17, 15) is 9.59 Å². The van der Waals surface area contributed by atoms with E-state index < -0.39 is 0 Å². The Kier molecular flexibility index (Phi) is 5.14. The molecule has 8 aliphatic carbocycles. The molecule has 2 N–H and O–H groups in total. The standard InChI is InChI=1S/C27H42N2O2/c30-24(26-12-18-6-19(13-26)8-20(7-18)14-26)28-4-2-1-3-5-29-25(31)27-15-21-9-22(16-27)11-23(10-21)17-27/h18-23H,1-17H2,(H,28,30)(H,29,31). The normalized spacial score (nSPS) is 46.3. The molecular weight excluding hydrogens is 384 g/mol. The van der Waals surface area contributed by atoms with Crippen molar-refractivity contribution in [2.75, 3.05) is 13.1 Å². The first-order chi connectivity index (χ1) is 15.0. The van der Waals surface area contributed by atoms with Crippen molar-refractivity contribution in [2.45, 2.75) is 96.3 Å². The molecule has 31 heavy (non-hydrogen) atoms. The Bertz CT molecular complexity index is 598. The van der Waals surface area contributed by atoms with Crippen LogP contribution in [0.3, 0.4) is 0 Å². The molecule has 0 aliphatic heterocycles. The number of amides is 2. The highest BCUT2D eigenvalue weighted by Gasteiger charge is 2.55. The highest BCUT2D eigenvalue weighted by atomic mass is 16.2. The smallest absolute Gasteiger partial charge is 0.226 e.